The van der Waals surface area contributed by atoms with E-state index in [9.17, 15) is 4.79 Å². The number of aromatic nitrogens is 3. The van der Waals surface area contributed by atoms with Gasteiger partial charge in [-0.2, -0.15) is 0 Å². The van der Waals surface area contributed by atoms with Crippen LogP contribution in [0.4, 0.5) is 5.13 Å². The van der Waals surface area contributed by atoms with Crippen molar-refractivity contribution in [2.45, 2.75) is 19.3 Å². The van der Waals surface area contributed by atoms with Crippen molar-refractivity contribution in [1.82, 2.24) is 20.1 Å². The van der Waals surface area contributed by atoms with Gasteiger partial charge >= 0.3 is 0 Å². The van der Waals surface area contributed by atoms with E-state index < -0.39 is 0 Å². The summed E-state index contributed by atoms with van der Waals surface area (Å²) >= 11 is 3.07. The number of amides is 1. The Balaban J connectivity index is 0.000000817. The number of thiazole rings is 1. The molecule has 2 aromatic heterocycles. The summed E-state index contributed by atoms with van der Waals surface area (Å²) in [5.41, 5.74) is 0.993. The number of hydrogen-bond donors (Lipinski definition) is 2. The van der Waals surface area contributed by atoms with Gasteiger partial charge in [0.2, 0.25) is 11.0 Å². The number of carboxylic acid groups (broad SMARTS) is 1. The van der Waals surface area contributed by atoms with Crippen molar-refractivity contribution in [2.75, 3.05) is 26.0 Å². The van der Waals surface area contributed by atoms with E-state index in [-0.39, 0.29) is 12.4 Å². The molecular formula is C17H21N5O3S2. The van der Waals surface area contributed by atoms with Gasteiger partial charge in [0.15, 0.2) is 0 Å². The van der Waals surface area contributed by atoms with Gasteiger partial charge in [-0.1, -0.05) is 23.5 Å². The zero-order valence-corrected chi connectivity index (χ0v) is 16.7. The quantitative estimate of drug-likeness (QED) is 0.579. The molecule has 3 rings (SSSR count). The summed E-state index contributed by atoms with van der Waals surface area (Å²) in [7, 11) is 4.04. The molecule has 2 N–H and O–H groups in total. The number of aryl methyl sites for hydroxylation is 1. The van der Waals surface area contributed by atoms with E-state index in [0.29, 0.717) is 18.0 Å². The zero-order valence-electron chi connectivity index (χ0n) is 15.1. The van der Waals surface area contributed by atoms with Gasteiger partial charge < -0.3 is 15.3 Å². The first-order valence-electron chi connectivity index (χ1n) is 8.21. The average Bonchev–Trinajstić information content (AvgIpc) is 3.25. The molecule has 0 spiro atoms. The Hall–Kier alpha value is -2.43. The van der Waals surface area contributed by atoms with Crippen molar-refractivity contribution in [3.63, 3.8) is 0 Å². The third kappa shape index (κ3) is 7.00. The molecule has 1 aromatic carbocycles. The first-order chi connectivity index (χ1) is 13.0. The van der Waals surface area contributed by atoms with Crippen molar-refractivity contribution in [3.05, 3.63) is 34.3 Å². The lowest BCUT2D eigenvalue weighted by atomic mass is 10.3. The Morgan fingerprint density at radius 3 is 2.63 bits per heavy atom. The van der Waals surface area contributed by atoms with E-state index in [1.54, 1.807) is 11.3 Å². The van der Waals surface area contributed by atoms with Gasteiger partial charge in [-0.15, -0.1) is 21.5 Å². The van der Waals surface area contributed by atoms with Gasteiger partial charge in [-0.05, 0) is 26.2 Å². The third-order valence-electron chi connectivity index (χ3n) is 3.39. The molecule has 0 atom stereocenters. The number of rotatable bonds is 7. The highest BCUT2D eigenvalue weighted by Gasteiger charge is 2.10. The predicted molar refractivity (Wildman–Crippen MR) is 107 cm³/mol. The maximum absolute atomic E-state index is 12.1. The van der Waals surface area contributed by atoms with Crippen LogP contribution in [0, 0.1) is 0 Å². The fourth-order valence-electron chi connectivity index (χ4n) is 2.15. The monoisotopic (exact) mass is 407 g/mol. The van der Waals surface area contributed by atoms with Crippen LogP contribution in [-0.2, 0) is 22.4 Å². The first kappa shape index (κ1) is 20.9. The number of nitrogens with zero attached hydrogens (tertiary/aromatic N) is 4. The third-order valence-corrected chi connectivity index (χ3v) is 5.38. The van der Waals surface area contributed by atoms with Crippen molar-refractivity contribution < 1.29 is 14.7 Å². The molecule has 27 heavy (non-hydrogen) atoms. The second-order valence-electron chi connectivity index (χ2n) is 5.78. The van der Waals surface area contributed by atoms with Gasteiger partial charge in [-0.3, -0.25) is 9.59 Å². The Morgan fingerprint density at radius 2 is 1.93 bits per heavy atom. The van der Waals surface area contributed by atoms with Crippen LogP contribution in [0.2, 0.25) is 0 Å². The maximum Gasteiger partial charge on any atom is 0.290 e. The lowest BCUT2D eigenvalue weighted by Crippen LogP contribution is -2.14. The SMILES string of the molecule is CN(C)CCc1nnc(NC(=O)CCc2nc3ccccc3s2)s1.O=CO. The number of carbonyl (C=O) groups is 2. The van der Waals surface area contributed by atoms with E-state index in [4.69, 9.17) is 9.90 Å². The maximum atomic E-state index is 12.1. The number of likely N-dealkylation sites (N-methyl/N-ethyl adjacent to an activating group) is 1. The minimum Gasteiger partial charge on any atom is -0.483 e. The number of anilines is 1. The molecule has 0 aliphatic rings. The molecule has 3 aromatic rings. The molecule has 0 aliphatic carbocycles. The van der Waals surface area contributed by atoms with Crippen LogP contribution in [0.1, 0.15) is 16.4 Å². The lowest BCUT2D eigenvalue weighted by molar-refractivity contribution is -0.123. The van der Waals surface area contributed by atoms with Crippen molar-refractivity contribution in [3.8, 4) is 0 Å². The summed E-state index contributed by atoms with van der Waals surface area (Å²) in [5, 5.41) is 20.3. The second kappa shape index (κ2) is 10.7. The number of carbonyl (C=O) groups excluding carboxylic acids is 1. The molecule has 0 saturated carbocycles. The second-order valence-corrected chi connectivity index (χ2v) is 7.96. The highest BCUT2D eigenvalue weighted by Crippen LogP contribution is 2.22. The number of nitrogens with one attached hydrogen (secondary N) is 1. The summed E-state index contributed by atoms with van der Waals surface area (Å²) in [5.74, 6) is -0.0513. The van der Waals surface area contributed by atoms with Crippen LogP contribution < -0.4 is 5.32 Å². The minimum atomic E-state index is -0.250. The largest absolute Gasteiger partial charge is 0.483 e. The number of fused-ring (bicyclic) bond motifs is 1. The van der Waals surface area contributed by atoms with Gasteiger partial charge in [0.05, 0.1) is 15.2 Å². The first-order valence-corrected chi connectivity index (χ1v) is 9.84. The van der Waals surface area contributed by atoms with E-state index in [0.717, 1.165) is 33.2 Å². The predicted octanol–water partition coefficient (Wildman–Crippen LogP) is 2.52. The van der Waals surface area contributed by atoms with Crippen LogP contribution in [0.25, 0.3) is 10.2 Å². The fourth-order valence-corrected chi connectivity index (χ4v) is 3.87. The molecule has 0 fully saturated rings. The highest BCUT2D eigenvalue weighted by molar-refractivity contribution is 7.18. The van der Waals surface area contributed by atoms with Crippen LogP contribution in [0.15, 0.2) is 24.3 Å². The molecule has 8 nitrogen and oxygen atoms in total. The Bertz CT molecular complexity index is 845. The number of hydrogen-bond acceptors (Lipinski definition) is 8. The van der Waals surface area contributed by atoms with E-state index in [1.807, 2.05) is 38.4 Å². The fraction of sp³-hybridized carbons (Fsp3) is 0.353. The molecule has 0 radical (unpaired) electrons. The summed E-state index contributed by atoms with van der Waals surface area (Å²) in [4.78, 5) is 27.1. The average molecular weight is 408 g/mol. The number of benzene rings is 1. The Kier molecular flexibility index (Phi) is 8.24. The van der Waals surface area contributed by atoms with Crippen molar-refractivity contribution in [1.29, 1.82) is 0 Å². The van der Waals surface area contributed by atoms with Gasteiger partial charge in [0, 0.05) is 25.8 Å². The molecule has 0 saturated heterocycles. The van der Waals surface area contributed by atoms with Crippen molar-refractivity contribution >= 4 is 50.4 Å². The molecule has 144 valence electrons. The lowest BCUT2D eigenvalue weighted by Gasteiger charge is -2.05. The van der Waals surface area contributed by atoms with E-state index in [2.05, 4.69) is 25.4 Å². The summed E-state index contributed by atoms with van der Waals surface area (Å²) < 4.78 is 1.16. The molecule has 0 unspecified atom stereocenters. The standard InChI is InChI=1S/C16H19N5OS2.CH2O2/c1-21(2)10-9-15-19-20-16(24-15)18-13(22)7-8-14-17-11-5-3-4-6-12(11)23-14;2-1-3/h3-6H,7-10H2,1-2H3,(H,18,20,22);1H,(H,2,3). The molecular weight excluding hydrogens is 386 g/mol. The number of para-hydroxylation sites is 1. The topological polar surface area (TPSA) is 108 Å². The minimum absolute atomic E-state index is 0.0513. The van der Waals surface area contributed by atoms with Crippen LogP contribution in [-0.4, -0.2) is 58.2 Å². The molecule has 0 bridgehead atoms. The zero-order chi connectivity index (χ0) is 19.6. The van der Waals surface area contributed by atoms with E-state index >= 15 is 0 Å². The van der Waals surface area contributed by atoms with Gasteiger partial charge in [0.25, 0.3) is 6.47 Å². The van der Waals surface area contributed by atoms with E-state index in [1.165, 1.54) is 11.3 Å². The van der Waals surface area contributed by atoms with Crippen LogP contribution in [0.3, 0.4) is 0 Å². The van der Waals surface area contributed by atoms with Gasteiger partial charge in [0.1, 0.15) is 5.01 Å². The smallest absolute Gasteiger partial charge is 0.290 e. The van der Waals surface area contributed by atoms with Gasteiger partial charge in [-0.25, -0.2) is 4.98 Å². The summed E-state index contributed by atoms with van der Waals surface area (Å²) in [6, 6.07) is 8.02. The summed E-state index contributed by atoms with van der Waals surface area (Å²) in [6.07, 6.45) is 1.87. The van der Waals surface area contributed by atoms with Crippen molar-refractivity contribution in [2.24, 2.45) is 0 Å². The van der Waals surface area contributed by atoms with Crippen LogP contribution in [0.5, 0.6) is 0 Å². The summed E-state index contributed by atoms with van der Waals surface area (Å²) in [6.45, 7) is 0.667. The molecule has 0 aliphatic heterocycles. The van der Waals surface area contributed by atoms with Crippen LogP contribution >= 0.6 is 22.7 Å². The molecule has 2 heterocycles. The molecule has 10 heteroatoms. The Labute approximate surface area is 164 Å². The Morgan fingerprint density at radius 1 is 1.19 bits per heavy atom. The molecule has 1 amide bonds. The normalized spacial score (nSPS) is 10.5. The highest BCUT2D eigenvalue weighted by atomic mass is 32.1.